The molecule has 0 aliphatic carbocycles. The summed E-state index contributed by atoms with van der Waals surface area (Å²) in [6.45, 7) is 1.76. The Morgan fingerprint density at radius 3 is 2.26 bits per heavy atom. The van der Waals surface area contributed by atoms with Gasteiger partial charge in [-0.1, -0.05) is 30.3 Å². The highest BCUT2D eigenvalue weighted by Crippen LogP contribution is 2.32. The number of aromatic amines is 1. The summed E-state index contributed by atoms with van der Waals surface area (Å²) < 4.78 is 59.5. The van der Waals surface area contributed by atoms with Gasteiger partial charge in [-0.3, -0.25) is 4.79 Å². The minimum atomic E-state index is -4.54. The Balaban J connectivity index is 1.79. The minimum absolute atomic E-state index is 0.0459. The first-order chi connectivity index (χ1) is 16.6. The predicted molar refractivity (Wildman–Crippen MR) is 119 cm³/mol. The Hall–Kier alpha value is -4.65. The summed E-state index contributed by atoms with van der Waals surface area (Å²) in [5.41, 5.74) is -2.63. The van der Waals surface area contributed by atoms with Crippen molar-refractivity contribution in [2.24, 2.45) is 0 Å². The van der Waals surface area contributed by atoms with E-state index in [1.165, 1.54) is 0 Å². The molecule has 4 aromatic rings. The van der Waals surface area contributed by atoms with Crippen LogP contribution in [0.25, 0.3) is 16.9 Å². The van der Waals surface area contributed by atoms with Gasteiger partial charge in [-0.05, 0) is 42.3 Å². The number of H-pyrrole nitrogens is 1. The van der Waals surface area contributed by atoms with Gasteiger partial charge in [0.05, 0.1) is 22.5 Å². The van der Waals surface area contributed by atoms with Gasteiger partial charge in [0.15, 0.2) is 0 Å². The SMILES string of the molecule is Cc1ccccc1Oc1cc(-n2c(=O)cc(-c3ccc(C(F)(F)F)cc3)[nH]c2=O)c(F)cc1C#N. The second-order valence-corrected chi connectivity index (χ2v) is 7.52. The average Bonchev–Trinajstić information content (AvgIpc) is 2.81. The number of nitrogens with one attached hydrogen (secondary N) is 1. The van der Waals surface area contributed by atoms with Gasteiger partial charge in [0.1, 0.15) is 23.4 Å². The van der Waals surface area contributed by atoms with Gasteiger partial charge in [-0.2, -0.15) is 18.4 Å². The molecule has 0 saturated heterocycles. The van der Waals surface area contributed by atoms with Crippen molar-refractivity contribution in [1.82, 2.24) is 9.55 Å². The van der Waals surface area contributed by atoms with E-state index in [1.807, 2.05) is 6.07 Å². The topological polar surface area (TPSA) is 87.9 Å². The van der Waals surface area contributed by atoms with Crippen molar-refractivity contribution in [2.45, 2.75) is 13.1 Å². The van der Waals surface area contributed by atoms with E-state index in [4.69, 9.17) is 4.74 Å². The zero-order chi connectivity index (χ0) is 25.3. The molecule has 6 nitrogen and oxygen atoms in total. The molecule has 10 heteroatoms. The van der Waals surface area contributed by atoms with E-state index >= 15 is 0 Å². The van der Waals surface area contributed by atoms with Crippen LogP contribution in [0.5, 0.6) is 11.5 Å². The first-order valence-electron chi connectivity index (χ1n) is 10.1. The molecule has 0 fully saturated rings. The number of hydrogen-bond acceptors (Lipinski definition) is 4. The zero-order valence-corrected chi connectivity index (χ0v) is 18.0. The number of ether oxygens (including phenoxy) is 1. The second kappa shape index (κ2) is 8.95. The number of hydrogen-bond donors (Lipinski definition) is 1. The van der Waals surface area contributed by atoms with Gasteiger partial charge in [0, 0.05) is 12.1 Å². The number of benzene rings is 3. The summed E-state index contributed by atoms with van der Waals surface area (Å²) in [6, 6.07) is 15.4. The molecule has 0 radical (unpaired) electrons. The van der Waals surface area contributed by atoms with E-state index < -0.39 is 34.5 Å². The van der Waals surface area contributed by atoms with Crippen LogP contribution in [0.15, 0.2) is 76.3 Å². The lowest BCUT2D eigenvalue weighted by Crippen LogP contribution is -2.34. The fourth-order valence-electron chi connectivity index (χ4n) is 3.39. The molecule has 0 amide bonds. The molecule has 1 N–H and O–H groups in total. The second-order valence-electron chi connectivity index (χ2n) is 7.52. The van der Waals surface area contributed by atoms with Crippen molar-refractivity contribution in [3.8, 4) is 34.5 Å². The van der Waals surface area contributed by atoms with Gasteiger partial charge in [-0.25, -0.2) is 13.8 Å². The fraction of sp³-hybridized carbons (Fsp3) is 0.0800. The molecule has 35 heavy (non-hydrogen) atoms. The molecule has 0 bridgehead atoms. The lowest BCUT2D eigenvalue weighted by atomic mass is 10.1. The van der Waals surface area contributed by atoms with Crippen LogP contribution in [-0.2, 0) is 6.18 Å². The first-order valence-corrected chi connectivity index (χ1v) is 10.1. The minimum Gasteiger partial charge on any atom is -0.456 e. The molecular weight excluding hydrogens is 466 g/mol. The van der Waals surface area contributed by atoms with Crippen molar-refractivity contribution in [3.05, 3.63) is 110 Å². The lowest BCUT2D eigenvalue weighted by Gasteiger charge is -2.13. The molecule has 3 aromatic carbocycles. The molecule has 0 saturated carbocycles. The summed E-state index contributed by atoms with van der Waals surface area (Å²) in [5, 5.41) is 9.39. The van der Waals surface area contributed by atoms with E-state index in [9.17, 15) is 32.4 Å². The Bertz CT molecular complexity index is 1550. The number of aromatic nitrogens is 2. The van der Waals surface area contributed by atoms with Gasteiger partial charge >= 0.3 is 11.9 Å². The zero-order valence-electron chi connectivity index (χ0n) is 18.0. The maximum atomic E-state index is 14.8. The Morgan fingerprint density at radius 2 is 1.66 bits per heavy atom. The Labute approximate surface area is 195 Å². The third-order valence-electron chi connectivity index (χ3n) is 5.18. The summed E-state index contributed by atoms with van der Waals surface area (Å²) in [5.74, 6) is -0.703. The molecule has 176 valence electrons. The van der Waals surface area contributed by atoms with Crippen LogP contribution < -0.4 is 16.0 Å². The van der Waals surface area contributed by atoms with E-state index in [2.05, 4.69) is 4.98 Å². The van der Waals surface area contributed by atoms with Crippen molar-refractivity contribution >= 4 is 0 Å². The van der Waals surface area contributed by atoms with Gasteiger partial charge in [0.25, 0.3) is 5.56 Å². The normalized spacial score (nSPS) is 11.2. The Kier molecular flexibility index (Phi) is 6.01. The molecular formula is C25H15F4N3O3. The van der Waals surface area contributed by atoms with E-state index in [1.54, 1.807) is 31.2 Å². The van der Waals surface area contributed by atoms with Gasteiger partial charge in [-0.15, -0.1) is 0 Å². The van der Waals surface area contributed by atoms with Crippen LogP contribution in [0.2, 0.25) is 0 Å². The standard InChI is InChI=1S/C25H15F4N3O3/c1-14-4-2-3-5-21(14)35-22-12-20(18(26)10-16(22)13-30)32-23(33)11-19(31-24(32)34)15-6-8-17(9-7-15)25(27,28)29/h2-12H,1H3,(H,31,34). The van der Waals surface area contributed by atoms with E-state index in [-0.39, 0.29) is 22.6 Å². The van der Waals surface area contributed by atoms with Crippen molar-refractivity contribution < 1.29 is 22.3 Å². The average molecular weight is 481 g/mol. The van der Waals surface area contributed by atoms with E-state index in [0.717, 1.165) is 48.0 Å². The third-order valence-corrected chi connectivity index (χ3v) is 5.18. The molecule has 4 rings (SSSR count). The summed E-state index contributed by atoms with van der Waals surface area (Å²) in [7, 11) is 0. The molecule has 0 aliphatic rings. The van der Waals surface area contributed by atoms with Crippen LogP contribution in [0.3, 0.4) is 0 Å². The van der Waals surface area contributed by atoms with E-state index in [0.29, 0.717) is 10.3 Å². The Morgan fingerprint density at radius 1 is 0.971 bits per heavy atom. The summed E-state index contributed by atoms with van der Waals surface area (Å²) >= 11 is 0. The predicted octanol–water partition coefficient (Wildman–Crippen LogP) is 5.32. The summed E-state index contributed by atoms with van der Waals surface area (Å²) in [4.78, 5) is 27.9. The van der Waals surface area contributed by atoms with Crippen molar-refractivity contribution in [2.75, 3.05) is 0 Å². The third kappa shape index (κ3) is 4.70. The highest BCUT2D eigenvalue weighted by Gasteiger charge is 2.30. The number of alkyl halides is 3. The highest BCUT2D eigenvalue weighted by molar-refractivity contribution is 5.59. The van der Waals surface area contributed by atoms with Crippen LogP contribution >= 0.6 is 0 Å². The number of nitriles is 1. The van der Waals surface area contributed by atoms with Crippen LogP contribution in [0.1, 0.15) is 16.7 Å². The largest absolute Gasteiger partial charge is 0.456 e. The van der Waals surface area contributed by atoms with Crippen molar-refractivity contribution in [3.63, 3.8) is 0 Å². The van der Waals surface area contributed by atoms with Crippen LogP contribution in [0, 0.1) is 24.1 Å². The fourth-order valence-corrected chi connectivity index (χ4v) is 3.39. The molecule has 0 unspecified atom stereocenters. The first kappa shape index (κ1) is 23.5. The maximum absolute atomic E-state index is 14.8. The number of aryl methyl sites for hydroxylation is 1. The van der Waals surface area contributed by atoms with Gasteiger partial charge in [0.2, 0.25) is 0 Å². The molecule has 1 aromatic heterocycles. The molecule has 0 atom stereocenters. The smallest absolute Gasteiger partial charge is 0.416 e. The number of nitrogens with zero attached hydrogens (tertiary/aromatic N) is 2. The van der Waals surface area contributed by atoms with Gasteiger partial charge < -0.3 is 9.72 Å². The lowest BCUT2D eigenvalue weighted by molar-refractivity contribution is -0.137. The number of halogens is 4. The maximum Gasteiger partial charge on any atom is 0.416 e. The highest BCUT2D eigenvalue weighted by atomic mass is 19.4. The van der Waals surface area contributed by atoms with Crippen molar-refractivity contribution in [1.29, 1.82) is 5.26 Å². The van der Waals surface area contributed by atoms with Crippen LogP contribution in [0.4, 0.5) is 17.6 Å². The summed E-state index contributed by atoms with van der Waals surface area (Å²) in [6.07, 6.45) is -4.54. The molecule has 0 spiro atoms. The quantitative estimate of drug-likeness (QED) is 0.400. The molecule has 1 heterocycles. The monoisotopic (exact) mass is 481 g/mol. The molecule has 0 aliphatic heterocycles. The van der Waals surface area contributed by atoms with Crippen LogP contribution in [-0.4, -0.2) is 9.55 Å². The number of rotatable bonds is 4. The number of para-hydroxylation sites is 1.